The Labute approximate surface area is 166 Å². The highest BCUT2D eigenvalue weighted by Gasteiger charge is 2.18. The summed E-state index contributed by atoms with van der Waals surface area (Å²) in [5.74, 6) is 1.17. The van der Waals surface area contributed by atoms with E-state index in [2.05, 4.69) is 38.2 Å². The predicted octanol–water partition coefficient (Wildman–Crippen LogP) is 3.57. The Morgan fingerprint density at radius 1 is 1.04 bits per heavy atom. The molecule has 28 heavy (non-hydrogen) atoms. The van der Waals surface area contributed by atoms with Gasteiger partial charge in [-0.3, -0.25) is 4.79 Å². The molecule has 144 valence electrons. The van der Waals surface area contributed by atoms with Gasteiger partial charge < -0.3 is 10.2 Å². The third-order valence-corrected chi connectivity index (χ3v) is 5.13. The second kappa shape index (κ2) is 8.30. The van der Waals surface area contributed by atoms with Gasteiger partial charge in [0.05, 0.1) is 5.69 Å². The van der Waals surface area contributed by atoms with Gasteiger partial charge in [0.2, 0.25) is 0 Å². The van der Waals surface area contributed by atoms with Crippen LogP contribution in [0, 0.1) is 6.92 Å². The van der Waals surface area contributed by atoms with Crippen LogP contribution in [-0.2, 0) is 19.5 Å². The van der Waals surface area contributed by atoms with Gasteiger partial charge >= 0.3 is 0 Å². The van der Waals surface area contributed by atoms with Crippen LogP contribution in [0.2, 0.25) is 0 Å². The average Bonchev–Trinajstić information content (AvgIpc) is 3.10. The molecular formula is C23H26N4O. The van der Waals surface area contributed by atoms with E-state index in [4.69, 9.17) is 0 Å². The van der Waals surface area contributed by atoms with Crippen LogP contribution < -0.4 is 10.2 Å². The van der Waals surface area contributed by atoms with Gasteiger partial charge in [-0.2, -0.15) is 5.10 Å². The number of rotatable bonds is 6. The number of benzene rings is 2. The number of carbonyl (C=O) groups is 1. The van der Waals surface area contributed by atoms with Crippen molar-refractivity contribution < 1.29 is 4.79 Å². The van der Waals surface area contributed by atoms with Crippen LogP contribution in [0.5, 0.6) is 0 Å². The van der Waals surface area contributed by atoms with Crippen LogP contribution in [0.3, 0.4) is 0 Å². The first kappa shape index (κ1) is 18.3. The minimum absolute atomic E-state index is 0.0193. The summed E-state index contributed by atoms with van der Waals surface area (Å²) in [7, 11) is 0. The molecule has 1 aliphatic rings. The summed E-state index contributed by atoms with van der Waals surface area (Å²) in [6.07, 6.45) is 1.95. The summed E-state index contributed by atoms with van der Waals surface area (Å²) in [5.41, 5.74) is 4.20. The number of nitrogens with one attached hydrogen (secondary N) is 1. The van der Waals surface area contributed by atoms with E-state index in [1.54, 1.807) is 0 Å². The quantitative estimate of drug-likeness (QED) is 0.718. The van der Waals surface area contributed by atoms with Crippen LogP contribution >= 0.6 is 0 Å². The monoisotopic (exact) mass is 374 g/mol. The second-order valence-electron chi connectivity index (χ2n) is 7.33. The number of hydrogen-bond acceptors (Lipinski definition) is 3. The Morgan fingerprint density at radius 2 is 1.82 bits per heavy atom. The average molecular weight is 374 g/mol. The largest absolute Gasteiger partial charge is 0.352 e. The molecule has 0 atom stereocenters. The molecule has 5 nitrogen and oxygen atoms in total. The fourth-order valence-electron chi connectivity index (χ4n) is 3.69. The third-order valence-electron chi connectivity index (χ3n) is 5.13. The summed E-state index contributed by atoms with van der Waals surface area (Å²) in [6, 6.07) is 20.3. The number of carbonyl (C=O) groups excluding carboxylic acids is 1. The van der Waals surface area contributed by atoms with Gasteiger partial charge in [-0.25, -0.2) is 4.68 Å². The molecule has 2 aromatic carbocycles. The molecule has 0 unspecified atom stereocenters. The first-order valence-electron chi connectivity index (χ1n) is 9.89. The van der Waals surface area contributed by atoms with Crippen molar-refractivity contribution in [3.05, 3.63) is 83.0 Å². The number of anilines is 1. The standard InChI is InChI=1S/C23H26N4O/c1-18-16-22-26(14-5-15-27(22)25-18)17-20-8-10-21(11-9-20)23(28)24-13-12-19-6-3-2-4-7-19/h2-4,6-11,16H,5,12-15,17H2,1H3,(H,24,28). The van der Waals surface area contributed by atoms with Crippen molar-refractivity contribution in [2.45, 2.75) is 32.9 Å². The van der Waals surface area contributed by atoms with Crippen LogP contribution in [0.15, 0.2) is 60.7 Å². The first-order valence-corrected chi connectivity index (χ1v) is 9.89. The van der Waals surface area contributed by atoms with Gasteiger partial charge in [0.25, 0.3) is 5.91 Å². The van der Waals surface area contributed by atoms with Gasteiger partial charge in [-0.15, -0.1) is 0 Å². The summed E-state index contributed by atoms with van der Waals surface area (Å²) in [6.45, 7) is 5.53. The summed E-state index contributed by atoms with van der Waals surface area (Å²) in [5, 5.41) is 7.56. The molecule has 5 heteroatoms. The zero-order chi connectivity index (χ0) is 19.3. The maximum Gasteiger partial charge on any atom is 0.251 e. The van der Waals surface area contributed by atoms with E-state index in [-0.39, 0.29) is 5.91 Å². The number of amides is 1. The van der Waals surface area contributed by atoms with Gasteiger partial charge in [0.1, 0.15) is 5.82 Å². The van der Waals surface area contributed by atoms with Crippen molar-refractivity contribution in [2.75, 3.05) is 18.0 Å². The molecule has 1 aliphatic heterocycles. The van der Waals surface area contributed by atoms with Crippen LogP contribution in [0.4, 0.5) is 5.82 Å². The van der Waals surface area contributed by atoms with E-state index in [1.165, 1.54) is 16.9 Å². The highest BCUT2D eigenvalue weighted by molar-refractivity contribution is 5.94. The predicted molar refractivity (Wildman–Crippen MR) is 112 cm³/mol. The number of hydrogen-bond donors (Lipinski definition) is 1. The lowest BCUT2D eigenvalue weighted by molar-refractivity contribution is 0.0954. The SMILES string of the molecule is Cc1cc2n(n1)CCCN2Cc1ccc(C(=O)NCCc2ccccc2)cc1. The molecule has 2 heterocycles. The smallest absolute Gasteiger partial charge is 0.251 e. The maximum atomic E-state index is 12.4. The minimum atomic E-state index is -0.0193. The van der Waals surface area contributed by atoms with E-state index in [1.807, 2.05) is 49.4 Å². The van der Waals surface area contributed by atoms with E-state index >= 15 is 0 Å². The van der Waals surface area contributed by atoms with Gasteiger partial charge in [0.15, 0.2) is 0 Å². The van der Waals surface area contributed by atoms with Gasteiger partial charge in [0, 0.05) is 37.8 Å². The molecule has 0 radical (unpaired) electrons. The van der Waals surface area contributed by atoms with E-state index in [0.29, 0.717) is 12.1 Å². The molecule has 0 saturated carbocycles. The highest BCUT2D eigenvalue weighted by Crippen LogP contribution is 2.23. The number of nitrogens with zero attached hydrogens (tertiary/aromatic N) is 3. The third kappa shape index (κ3) is 4.25. The minimum Gasteiger partial charge on any atom is -0.352 e. The fraction of sp³-hybridized carbons (Fsp3) is 0.304. The Bertz CT molecular complexity index is 931. The highest BCUT2D eigenvalue weighted by atomic mass is 16.1. The lowest BCUT2D eigenvalue weighted by Gasteiger charge is -2.29. The van der Waals surface area contributed by atoms with E-state index in [0.717, 1.165) is 38.2 Å². The number of aromatic nitrogens is 2. The molecule has 0 saturated heterocycles. The molecule has 0 aliphatic carbocycles. The lowest BCUT2D eigenvalue weighted by Crippen LogP contribution is -2.31. The van der Waals surface area contributed by atoms with Crippen molar-refractivity contribution in [3.63, 3.8) is 0 Å². The van der Waals surface area contributed by atoms with Crippen molar-refractivity contribution in [3.8, 4) is 0 Å². The summed E-state index contributed by atoms with van der Waals surface area (Å²) < 4.78 is 2.09. The normalized spacial score (nSPS) is 13.2. The molecule has 3 aromatic rings. The molecule has 1 amide bonds. The molecule has 1 aromatic heterocycles. The van der Waals surface area contributed by atoms with Crippen molar-refractivity contribution in [1.29, 1.82) is 0 Å². The zero-order valence-corrected chi connectivity index (χ0v) is 16.3. The molecule has 1 N–H and O–H groups in total. The lowest BCUT2D eigenvalue weighted by atomic mass is 10.1. The van der Waals surface area contributed by atoms with Gasteiger partial charge in [-0.1, -0.05) is 42.5 Å². The molecule has 0 spiro atoms. The van der Waals surface area contributed by atoms with Crippen molar-refractivity contribution >= 4 is 11.7 Å². The zero-order valence-electron chi connectivity index (χ0n) is 16.3. The Hall–Kier alpha value is -3.08. The Balaban J connectivity index is 1.33. The molecular weight excluding hydrogens is 348 g/mol. The summed E-state index contributed by atoms with van der Waals surface area (Å²) in [4.78, 5) is 14.7. The molecule has 4 rings (SSSR count). The Kier molecular flexibility index (Phi) is 5.42. The van der Waals surface area contributed by atoms with Crippen LogP contribution in [0.1, 0.15) is 33.6 Å². The van der Waals surface area contributed by atoms with E-state index < -0.39 is 0 Å². The topological polar surface area (TPSA) is 50.2 Å². The second-order valence-corrected chi connectivity index (χ2v) is 7.33. The van der Waals surface area contributed by atoms with Crippen LogP contribution in [-0.4, -0.2) is 28.8 Å². The maximum absolute atomic E-state index is 12.4. The fourth-order valence-corrected chi connectivity index (χ4v) is 3.69. The number of fused-ring (bicyclic) bond motifs is 1. The van der Waals surface area contributed by atoms with Crippen molar-refractivity contribution in [2.24, 2.45) is 0 Å². The summed E-state index contributed by atoms with van der Waals surface area (Å²) >= 11 is 0. The van der Waals surface area contributed by atoms with Gasteiger partial charge in [-0.05, 0) is 43.0 Å². The van der Waals surface area contributed by atoms with Crippen LogP contribution in [0.25, 0.3) is 0 Å². The number of aryl methyl sites for hydroxylation is 2. The first-order chi connectivity index (χ1) is 13.7. The van der Waals surface area contributed by atoms with E-state index in [9.17, 15) is 4.79 Å². The molecule has 0 bridgehead atoms. The van der Waals surface area contributed by atoms with Crippen molar-refractivity contribution in [1.82, 2.24) is 15.1 Å². The molecule has 0 fully saturated rings. The Morgan fingerprint density at radius 3 is 2.61 bits per heavy atom.